The fraction of sp³-hybridized carbons (Fsp3) is 0.703. The summed E-state index contributed by atoms with van der Waals surface area (Å²) >= 11 is 7.92. The first kappa shape index (κ1) is 70.9. The fourth-order valence-electron chi connectivity index (χ4n) is 13.7. The Kier molecular flexibility index (Phi) is 34.8. The first-order valence-corrected chi connectivity index (χ1v) is 38.8. The molecule has 10 heteroatoms. The van der Waals surface area contributed by atoms with Gasteiger partial charge in [-0.25, -0.2) is 0 Å². The van der Waals surface area contributed by atoms with E-state index in [0.717, 1.165) is 66.9 Å². The quantitative estimate of drug-likeness (QED) is 0.0251. The smallest absolute Gasteiger partial charge is 0.262 e. The maximum atomic E-state index is 15.7. The lowest BCUT2D eigenvalue weighted by molar-refractivity contribution is 0.0557. The monoisotopic (exact) mass is 1410 g/mol. The van der Waals surface area contributed by atoms with Crippen LogP contribution in [0.1, 0.15) is 352 Å². The molecule has 2 aliphatic heterocycles. The highest BCUT2D eigenvalue weighted by molar-refractivity contribution is 14.1. The lowest BCUT2D eigenvalue weighted by atomic mass is 9.80. The average Bonchev–Trinajstić information content (AvgIpc) is 2.17. The van der Waals surface area contributed by atoms with E-state index in [2.05, 4.69) is 97.1 Å². The zero-order valence-electron chi connectivity index (χ0n) is 53.2. The van der Waals surface area contributed by atoms with Crippen molar-refractivity contribution in [3.63, 3.8) is 0 Å². The minimum absolute atomic E-state index is 0.199. The third-order valence-electron chi connectivity index (χ3n) is 18.7. The molecule has 4 heterocycles. The van der Waals surface area contributed by atoms with E-state index in [9.17, 15) is 0 Å². The van der Waals surface area contributed by atoms with E-state index < -0.39 is 0 Å². The lowest BCUT2D eigenvalue weighted by Gasteiger charge is -2.36. The van der Waals surface area contributed by atoms with Gasteiger partial charge < -0.3 is 0 Å². The second-order valence-electron chi connectivity index (χ2n) is 25.7. The SMILES string of the molecule is CCCCCCCCCCCCC(CCCCCCCCCCCC)CN1C(=O)c2cc(-c3ccc(I)s3)c3c4c(cc(-c5ccc(I)s5)c(c24)C1=O)C(=O)N(CC(CCCCCCCCCCCC)CCCCCCCCCCCC)C3=O. The van der Waals surface area contributed by atoms with Gasteiger partial charge >= 0.3 is 0 Å². The Morgan fingerprint density at radius 1 is 0.321 bits per heavy atom. The van der Waals surface area contributed by atoms with Crippen molar-refractivity contribution in [1.82, 2.24) is 9.80 Å². The van der Waals surface area contributed by atoms with Crippen LogP contribution in [-0.4, -0.2) is 46.5 Å². The number of amides is 4. The van der Waals surface area contributed by atoms with Gasteiger partial charge in [-0.05, 0) is 119 Å². The Balaban J connectivity index is 1.28. The average molecular weight is 1410 g/mol. The zero-order valence-corrected chi connectivity index (χ0v) is 59.2. The highest BCUT2D eigenvalue weighted by Crippen LogP contribution is 2.48. The molecule has 6 rings (SSSR count). The van der Waals surface area contributed by atoms with Crippen LogP contribution in [0.15, 0.2) is 36.4 Å². The van der Waals surface area contributed by atoms with Crippen LogP contribution in [0.3, 0.4) is 0 Å². The highest BCUT2D eigenvalue weighted by atomic mass is 127. The lowest BCUT2D eigenvalue weighted by Crippen LogP contribution is -2.46. The first-order chi connectivity index (χ1) is 41.1. The number of hydrogen-bond acceptors (Lipinski definition) is 6. The summed E-state index contributed by atoms with van der Waals surface area (Å²) < 4.78 is 2.17. The predicted octanol–water partition coefficient (Wildman–Crippen LogP) is 25.2. The summed E-state index contributed by atoms with van der Waals surface area (Å²) in [5, 5.41) is 0.994. The summed E-state index contributed by atoms with van der Waals surface area (Å²) in [7, 11) is 0. The van der Waals surface area contributed by atoms with Crippen molar-refractivity contribution in [2.24, 2.45) is 11.8 Å². The van der Waals surface area contributed by atoms with Crippen molar-refractivity contribution in [1.29, 1.82) is 0 Å². The first-order valence-electron chi connectivity index (χ1n) is 35.0. The number of benzene rings is 2. The van der Waals surface area contributed by atoms with Gasteiger partial charge in [0.15, 0.2) is 0 Å². The molecule has 2 aromatic carbocycles. The standard InChI is InChI=1S/C74H112I2N2O4S2/c1-5-9-13-17-21-25-29-33-37-41-45-57(46-42-38-34-30-26-22-18-14-10-6-2)55-77-71(79)61-53-60(64-50-52-66(76)84-64)70-68-62(54-59(63-49-51-65(75)83-63)69(67(61)68)73(77)81)72(80)78(74(70)82)56-58(47-43-39-35-31-27-23-19-15-11-7-3)48-44-40-36-32-28-24-20-16-12-8-4/h49-54,57-58H,5-48,55-56H2,1-4H3. The van der Waals surface area contributed by atoms with E-state index in [-0.39, 0.29) is 35.5 Å². The van der Waals surface area contributed by atoms with Crippen molar-refractivity contribution in [2.45, 2.75) is 310 Å². The van der Waals surface area contributed by atoms with Crippen LogP contribution in [0, 0.1) is 17.6 Å². The highest BCUT2D eigenvalue weighted by Gasteiger charge is 2.44. The fourth-order valence-corrected chi connectivity index (χ4v) is 16.9. The van der Waals surface area contributed by atoms with E-state index in [4.69, 9.17) is 0 Å². The van der Waals surface area contributed by atoms with Crippen LogP contribution in [0.5, 0.6) is 0 Å². The van der Waals surface area contributed by atoms with E-state index in [0.29, 0.717) is 57.2 Å². The van der Waals surface area contributed by atoms with Gasteiger partial charge in [0.25, 0.3) is 23.6 Å². The molecule has 0 aliphatic carbocycles. The van der Waals surface area contributed by atoms with E-state index in [1.54, 1.807) is 32.5 Å². The predicted molar refractivity (Wildman–Crippen MR) is 380 cm³/mol. The molecule has 0 saturated carbocycles. The zero-order chi connectivity index (χ0) is 59.7. The third kappa shape index (κ3) is 22.7. The van der Waals surface area contributed by atoms with Crippen LogP contribution in [0.2, 0.25) is 0 Å². The third-order valence-corrected chi connectivity index (χ3v) is 22.6. The molecule has 0 N–H and O–H groups in total. The van der Waals surface area contributed by atoms with Gasteiger partial charge in [0, 0.05) is 55.9 Å². The van der Waals surface area contributed by atoms with Crippen LogP contribution in [0.4, 0.5) is 0 Å². The normalized spacial score (nSPS) is 13.4. The number of unbranched alkanes of at least 4 members (excludes halogenated alkanes) is 36. The molecule has 2 aliphatic rings. The van der Waals surface area contributed by atoms with Crippen molar-refractivity contribution in [3.8, 4) is 20.9 Å². The molecule has 0 unspecified atom stereocenters. The Morgan fingerprint density at radius 2 is 0.560 bits per heavy atom. The Hall–Kier alpha value is -2.16. The minimum atomic E-state index is -0.290. The van der Waals surface area contributed by atoms with E-state index in [1.807, 2.05) is 12.1 Å². The van der Waals surface area contributed by atoms with Crippen LogP contribution >= 0.6 is 67.9 Å². The van der Waals surface area contributed by atoms with Crippen molar-refractivity contribution < 1.29 is 19.2 Å². The summed E-state index contributed by atoms with van der Waals surface area (Å²) in [5.41, 5.74) is 3.24. The molecule has 4 amide bonds. The maximum Gasteiger partial charge on any atom is 0.262 e. The number of carbonyl (C=O) groups is 4. The van der Waals surface area contributed by atoms with Crippen molar-refractivity contribution >= 4 is 102 Å². The van der Waals surface area contributed by atoms with Crippen LogP contribution < -0.4 is 0 Å². The van der Waals surface area contributed by atoms with Gasteiger partial charge in [-0.2, -0.15) is 0 Å². The summed E-state index contributed by atoms with van der Waals surface area (Å²) in [5.74, 6) is -0.749. The number of halogens is 2. The number of carbonyl (C=O) groups excluding carboxylic acids is 4. The molecule has 0 bridgehead atoms. The molecular weight excluding hydrogens is 1300 g/mol. The molecule has 0 radical (unpaired) electrons. The molecule has 0 fully saturated rings. The maximum absolute atomic E-state index is 15.7. The summed E-state index contributed by atoms with van der Waals surface area (Å²) in [6.07, 6.45) is 55.0. The Labute approximate surface area is 547 Å². The topological polar surface area (TPSA) is 74.8 Å². The van der Waals surface area contributed by atoms with Crippen LogP contribution in [0.25, 0.3) is 31.7 Å². The molecule has 0 spiro atoms. The van der Waals surface area contributed by atoms with Gasteiger partial charge in [-0.15, -0.1) is 22.7 Å². The second kappa shape index (κ2) is 41.2. The summed E-state index contributed by atoms with van der Waals surface area (Å²) in [6.45, 7) is 9.89. The van der Waals surface area contributed by atoms with Gasteiger partial charge in [0.2, 0.25) is 0 Å². The number of rotatable bonds is 50. The largest absolute Gasteiger partial charge is 0.274 e. The van der Waals surface area contributed by atoms with Gasteiger partial charge in [-0.3, -0.25) is 29.0 Å². The minimum Gasteiger partial charge on any atom is -0.274 e. The molecule has 2 aromatic heterocycles. The molecule has 0 atom stereocenters. The molecule has 84 heavy (non-hydrogen) atoms. The number of hydrogen-bond donors (Lipinski definition) is 0. The molecule has 4 aromatic rings. The number of imide groups is 2. The molecule has 468 valence electrons. The number of thiophene rings is 2. The Morgan fingerprint density at radius 3 is 0.786 bits per heavy atom. The number of nitrogens with zero attached hydrogens (tertiary/aromatic N) is 2. The van der Waals surface area contributed by atoms with E-state index >= 15 is 19.2 Å². The van der Waals surface area contributed by atoms with Gasteiger partial charge in [-0.1, -0.05) is 285 Å². The molecular formula is C74H112I2N2O4S2. The molecule has 0 saturated heterocycles. The van der Waals surface area contributed by atoms with Crippen molar-refractivity contribution in [3.05, 3.63) is 64.4 Å². The summed E-state index contributed by atoms with van der Waals surface area (Å²) in [4.78, 5) is 67.5. The van der Waals surface area contributed by atoms with E-state index in [1.165, 1.54) is 231 Å². The second-order valence-corrected chi connectivity index (χ2v) is 31.7. The van der Waals surface area contributed by atoms with Crippen LogP contribution in [-0.2, 0) is 0 Å². The van der Waals surface area contributed by atoms with Crippen molar-refractivity contribution in [2.75, 3.05) is 13.1 Å². The molecule has 6 nitrogen and oxygen atoms in total. The summed E-state index contributed by atoms with van der Waals surface area (Å²) in [6, 6.07) is 12.2. The van der Waals surface area contributed by atoms with Gasteiger partial charge in [0.1, 0.15) is 0 Å². The Bertz CT molecular complexity index is 2340. The van der Waals surface area contributed by atoms with Gasteiger partial charge in [0.05, 0.1) is 16.9 Å².